The number of ether oxygens (including phenoxy) is 1. The topological polar surface area (TPSA) is 69.3 Å². The zero-order valence-corrected chi connectivity index (χ0v) is 14.7. The highest BCUT2D eigenvalue weighted by Crippen LogP contribution is 2.25. The molecule has 0 fully saturated rings. The largest absolute Gasteiger partial charge is 0.426 e. The van der Waals surface area contributed by atoms with E-state index in [9.17, 15) is 4.79 Å². The van der Waals surface area contributed by atoms with E-state index in [1.165, 1.54) is 0 Å². The summed E-state index contributed by atoms with van der Waals surface area (Å²) >= 11 is 0. The molecule has 25 heavy (non-hydrogen) atoms. The van der Waals surface area contributed by atoms with Crippen molar-refractivity contribution in [2.45, 2.75) is 26.8 Å². The van der Waals surface area contributed by atoms with E-state index < -0.39 is 0 Å². The molecule has 0 saturated heterocycles. The number of nitrogens with one attached hydrogen (secondary N) is 1. The Kier molecular flexibility index (Phi) is 4.61. The van der Waals surface area contributed by atoms with Crippen molar-refractivity contribution in [3.05, 3.63) is 65.2 Å². The molecule has 2 heterocycles. The Labute approximate surface area is 146 Å². The highest BCUT2D eigenvalue weighted by molar-refractivity contribution is 5.91. The van der Waals surface area contributed by atoms with Crippen LogP contribution in [0.15, 0.2) is 46.9 Å². The number of nitrogens with zero attached hydrogens (tertiary/aromatic N) is 2. The lowest BCUT2D eigenvalue weighted by Crippen LogP contribution is -2.27. The molecular formula is C19H21N3O3. The van der Waals surface area contributed by atoms with Crippen LogP contribution in [-0.4, -0.2) is 15.7 Å². The van der Waals surface area contributed by atoms with Gasteiger partial charge in [0.1, 0.15) is 5.75 Å². The van der Waals surface area contributed by atoms with Crippen molar-refractivity contribution in [2.75, 3.05) is 0 Å². The average Bonchev–Trinajstić information content (AvgIpc) is 3.13. The number of hydrogen-bond acceptors (Lipinski definition) is 4. The molecule has 0 saturated carbocycles. The second-order valence-corrected chi connectivity index (χ2v) is 5.94. The predicted octanol–water partition coefficient (Wildman–Crippen LogP) is 3.91. The van der Waals surface area contributed by atoms with Crippen molar-refractivity contribution >= 4 is 5.91 Å². The maximum atomic E-state index is 12.4. The number of furan rings is 1. The molecule has 6 nitrogen and oxygen atoms in total. The summed E-state index contributed by atoms with van der Waals surface area (Å²) in [6.07, 6.45) is 0. The molecule has 0 aliphatic heterocycles. The molecule has 6 heteroatoms. The molecule has 1 aromatic carbocycles. The van der Waals surface area contributed by atoms with Crippen LogP contribution in [0.1, 0.15) is 40.5 Å². The third-order valence-electron chi connectivity index (χ3n) is 4.11. The molecule has 1 N–H and O–H groups in total. The van der Waals surface area contributed by atoms with E-state index in [0.29, 0.717) is 5.75 Å². The lowest BCUT2D eigenvalue weighted by atomic mass is 10.1. The predicted molar refractivity (Wildman–Crippen MR) is 93.8 cm³/mol. The molecule has 0 aliphatic carbocycles. The number of carbonyl (C=O) groups is 1. The molecule has 1 atom stereocenters. The smallest absolute Gasteiger partial charge is 0.290 e. The highest BCUT2D eigenvalue weighted by Gasteiger charge is 2.20. The lowest BCUT2D eigenvalue weighted by Gasteiger charge is -2.13. The molecule has 0 spiro atoms. The van der Waals surface area contributed by atoms with Crippen LogP contribution in [0.25, 0.3) is 0 Å². The van der Waals surface area contributed by atoms with Crippen LogP contribution in [-0.2, 0) is 7.05 Å². The Balaban J connectivity index is 1.69. The van der Waals surface area contributed by atoms with Gasteiger partial charge in [0.05, 0.1) is 11.7 Å². The van der Waals surface area contributed by atoms with Crippen molar-refractivity contribution in [3.63, 3.8) is 0 Å². The van der Waals surface area contributed by atoms with Crippen LogP contribution < -0.4 is 10.1 Å². The SMILES string of the molecule is Cc1nn(C)c(C)c1[C@H](C)NC(=O)c1ccc(Oc2ccccc2)o1. The number of benzene rings is 1. The molecule has 0 radical (unpaired) electrons. The van der Waals surface area contributed by atoms with Gasteiger partial charge in [-0.1, -0.05) is 18.2 Å². The highest BCUT2D eigenvalue weighted by atomic mass is 16.6. The monoisotopic (exact) mass is 339 g/mol. The van der Waals surface area contributed by atoms with E-state index in [4.69, 9.17) is 9.15 Å². The first-order valence-electron chi connectivity index (χ1n) is 8.09. The minimum absolute atomic E-state index is 0.176. The van der Waals surface area contributed by atoms with Gasteiger partial charge in [0.15, 0.2) is 5.76 Å². The molecule has 130 valence electrons. The van der Waals surface area contributed by atoms with Gasteiger partial charge in [0.25, 0.3) is 11.9 Å². The summed E-state index contributed by atoms with van der Waals surface area (Å²) in [7, 11) is 1.89. The van der Waals surface area contributed by atoms with Gasteiger partial charge in [-0.15, -0.1) is 0 Å². The van der Waals surface area contributed by atoms with Gasteiger partial charge < -0.3 is 14.5 Å². The zero-order valence-electron chi connectivity index (χ0n) is 14.7. The molecular weight excluding hydrogens is 318 g/mol. The van der Waals surface area contributed by atoms with Crippen molar-refractivity contribution in [1.29, 1.82) is 0 Å². The summed E-state index contributed by atoms with van der Waals surface area (Å²) in [5.74, 6) is 0.839. The van der Waals surface area contributed by atoms with E-state index in [-0.39, 0.29) is 23.7 Å². The molecule has 3 rings (SSSR count). The molecule has 2 aromatic heterocycles. The van der Waals surface area contributed by atoms with E-state index in [1.807, 2.05) is 62.8 Å². The van der Waals surface area contributed by atoms with Gasteiger partial charge >= 0.3 is 0 Å². The molecule has 0 unspecified atom stereocenters. The van der Waals surface area contributed by atoms with Crippen LogP contribution in [0.5, 0.6) is 11.7 Å². The van der Waals surface area contributed by atoms with Crippen molar-refractivity contribution < 1.29 is 13.9 Å². The fraction of sp³-hybridized carbons (Fsp3) is 0.263. The molecule has 1 amide bonds. The zero-order chi connectivity index (χ0) is 18.0. The van der Waals surface area contributed by atoms with Crippen molar-refractivity contribution in [3.8, 4) is 11.7 Å². The number of para-hydroxylation sites is 1. The first kappa shape index (κ1) is 16.8. The quantitative estimate of drug-likeness (QED) is 0.765. The van der Waals surface area contributed by atoms with Gasteiger partial charge in [-0.2, -0.15) is 5.10 Å². The van der Waals surface area contributed by atoms with Crippen LogP contribution in [0.3, 0.4) is 0 Å². The normalized spacial score (nSPS) is 12.0. The summed E-state index contributed by atoms with van der Waals surface area (Å²) < 4.78 is 12.9. The summed E-state index contributed by atoms with van der Waals surface area (Å²) in [6, 6.07) is 12.3. The summed E-state index contributed by atoms with van der Waals surface area (Å²) in [5, 5.41) is 7.33. The number of rotatable bonds is 5. The number of carbonyl (C=O) groups excluding carboxylic acids is 1. The maximum Gasteiger partial charge on any atom is 0.290 e. The standard InChI is InChI=1S/C19H21N3O3/c1-12(18-13(2)21-22(4)14(18)3)20-19(23)16-10-11-17(25-16)24-15-8-6-5-7-9-15/h5-12H,1-4H3,(H,20,23)/t12-/m0/s1. The average molecular weight is 339 g/mol. The summed E-state index contributed by atoms with van der Waals surface area (Å²) in [4.78, 5) is 12.4. The number of aromatic nitrogens is 2. The second-order valence-electron chi connectivity index (χ2n) is 5.94. The van der Waals surface area contributed by atoms with E-state index in [2.05, 4.69) is 10.4 Å². The second kappa shape index (κ2) is 6.84. The number of aryl methyl sites for hydroxylation is 2. The van der Waals surface area contributed by atoms with Crippen LogP contribution >= 0.6 is 0 Å². The Morgan fingerprint density at radius 2 is 1.92 bits per heavy atom. The minimum Gasteiger partial charge on any atom is -0.426 e. The van der Waals surface area contributed by atoms with Gasteiger partial charge in [0, 0.05) is 24.4 Å². The third-order valence-corrected chi connectivity index (χ3v) is 4.11. The van der Waals surface area contributed by atoms with Crippen LogP contribution in [0.2, 0.25) is 0 Å². The van der Waals surface area contributed by atoms with Gasteiger partial charge in [0.2, 0.25) is 0 Å². The van der Waals surface area contributed by atoms with Gasteiger partial charge in [-0.3, -0.25) is 9.48 Å². The fourth-order valence-corrected chi connectivity index (χ4v) is 2.86. The molecule has 0 aliphatic rings. The molecule has 3 aromatic rings. The van der Waals surface area contributed by atoms with Gasteiger partial charge in [-0.05, 0) is 39.0 Å². The number of hydrogen-bond donors (Lipinski definition) is 1. The Hall–Kier alpha value is -3.02. The van der Waals surface area contributed by atoms with Crippen molar-refractivity contribution in [2.24, 2.45) is 7.05 Å². The minimum atomic E-state index is -0.293. The van der Waals surface area contributed by atoms with E-state index >= 15 is 0 Å². The first-order valence-corrected chi connectivity index (χ1v) is 8.09. The Morgan fingerprint density at radius 3 is 2.56 bits per heavy atom. The molecule has 0 bridgehead atoms. The fourth-order valence-electron chi connectivity index (χ4n) is 2.86. The Bertz CT molecular complexity index is 881. The van der Waals surface area contributed by atoms with E-state index in [1.54, 1.807) is 12.1 Å². The first-order chi connectivity index (χ1) is 12.0. The maximum absolute atomic E-state index is 12.4. The van der Waals surface area contributed by atoms with Crippen molar-refractivity contribution in [1.82, 2.24) is 15.1 Å². The summed E-state index contributed by atoms with van der Waals surface area (Å²) in [6.45, 7) is 5.85. The van der Waals surface area contributed by atoms with E-state index in [0.717, 1.165) is 17.0 Å². The van der Waals surface area contributed by atoms with Crippen LogP contribution in [0, 0.1) is 13.8 Å². The van der Waals surface area contributed by atoms with Gasteiger partial charge in [-0.25, -0.2) is 0 Å². The Morgan fingerprint density at radius 1 is 1.20 bits per heavy atom. The lowest BCUT2D eigenvalue weighted by molar-refractivity contribution is 0.0906. The summed E-state index contributed by atoms with van der Waals surface area (Å²) in [5.41, 5.74) is 2.95. The third kappa shape index (κ3) is 3.57. The number of amides is 1. The van der Waals surface area contributed by atoms with Crippen LogP contribution in [0.4, 0.5) is 0 Å².